The maximum atomic E-state index is 12.4. The van der Waals surface area contributed by atoms with Gasteiger partial charge >= 0.3 is 0 Å². The number of rotatable bonds is 4. The van der Waals surface area contributed by atoms with Crippen LogP contribution in [0.3, 0.4) is 0 Å². The molecule has 0 spiro atoms. The normalized spacial score (nSPS) is 13.5. The lowest BCUT2D eigenvalue weighted by molar-refractivity contribution is -0.133. The van der Waals surface area contributed by atoms with Crippen LogP contribution in [-0.4, -0.2) is 43.8 Å². The molecule has 1 aliphatic rings. The Bertz CT molecular complexity index is 1160. The SMILES string of the molecule is CC(=O)N(c1ccc(-c2ccc(C(=O)n3ccnc3)c(=O)[nH]2)cc1)N1CCCC1=O. The van der Waals surface area contributed by atoms with E-state index in [1.165, 1.54) is 46.3 Å². The Labute approximate surface area is 171 Å². The highest BCUT2D eigenvalue weighted by molar-refractivity contribution is 5.96. The minimum Gasteiger partial charge on any atom is -0.321 e. The molecule has 0 unspecified atom stereocenters. The Morgan fingerprint density at radius 3 is 2.43 bits per heavy atom. The fourth-order valence-corrected chi connectivity index (χ4v) is 3.45. The van der Waals surface area contributed by atoms with Crippen LogP contribution >= 0.6 is 0 Å². The van der Waals surface area contributed by atoms with E-state index in [1.807, 2.05) is 0 Å². The first kappa shape index (κ1) is 19.3. The summed E-state index contributed by atoms with van der Waals surface area (Å²) in [5, 5.41) is 2.82. The first-order valence-corrected chi connectivity index (χ1v) is 9.43. The monoisotopic (exact) mass is 405 g/mol. The van der Waals surface area contributed by atoms with Crippen molar-refractivity contribution in [3.05, 3.63) is 71.0 Å². The van der Waals surface area contributed by atoms with E-state index >= 15 is 0 Å². The first-order valence-electron chi connectivity index (χ1n) is 9.43. The van der Waals surface area contributed by atoms with Crippen molar-refractivity contribution in [2.75, 3.05) is 11.6 Å². The molecule has 2 aromatic heterocycles. The van der Waals surface area contributed by atoms with Crippen molar-refractivity contribution >= 4 is 23.4 Å². The number of benzene rings is 1. The smallest absolute Gasteiger partial charge is 0.268 e. The molecular formula is C21H19N5O4. The molecule has 4 rings (SSSR count). The number of anilines is 1. The molecule has 1 saturated heterocycles. The number of amides is 2. The van der Waals surface area contributed by atoms with Crippen LogP contribution < -0.4 is 10.6 Å². The number of nitrogens with one attached hydrogen (secondary N) is 1. The molecular weight excluding hydrogens is 386 g/mol. The summed E-state index contributed by atoms with van der Waals surface area (Å²) in [5.74, 6) is -0.812. The summed E-state index contributed by atoms with van der Waals surface area (Å²) in [6.45, 7) is 1.91. The molecule has 1 N–H and O–H groups in total. The number of hydrogen-bond donors (Lipinski definition) is 1. The predicted octanol–water partition coefficient (Wildman–Crippen LogP) is 1.82. The standard InChI is InChI=1S/C21H19N5O4/c1-14(27)26(25-11-2-3-19(25)28)16-6-4-15(5-7-16)18-9-8-17(20(29)23-18)21(30)24-12-10-22-13-24/h4-10,12-13H,2-3,11H2,1H3,(H,23,29). The molecule has 1 fully saturated rings. The summed E-state index contributed by atoms with van der Waals surface area (Å²) in [5.41, 5.74) is 1.29. The highest BCUT2D eigenvalue weighted by Gasteiger charge is 2.29. The number of pyridine rings is 1. The van der Waals surface area contributed by atoms with Gasteiger partial charge in [0, 0.05) is 38.0 Å². The molecule has 1 aromatic carbocycles. The molecule has 2 amide bonds. The van der Waals surface area contributed by atoms with Crippen molar-refractivity contribution in [2.45, 2.75) is 19.8 Å². The predicted molar refractivity (Wildman–Crippen MR) is 109 cm³/mol. The summed E-state index contributed by atoms with van der Waals surface area (Å²) >= 11 is 0. The molecule has 30 heavy (non-hydrogen) atoms. The van der Waals surface area contributed by atoms with Gasteiger partial charge in [-0.15, -0.1) is 0 Å². The molecule has 9 heteroatoms. The van der Waals surface area contributed by atoms with Crippen molar-refractivity contribution in [1.82, 2.24) is 19.5 Å². The number of imidazole rings is 1. The minimum absolute atomic E-state index is 0.00340. The molecule has 0 atom stereocenters. The first-order chi connectivity index (χ1) is 14.5. The topological polar surface area (TPSA) is 108 Å². The molecule has 0 bridgehead atoms. The minimum atomic E-state index is -0.511. The van der Waals surface area contributed by atoms with Crippen LogP contribution in [0.15, 0.2) is 59.9 Å². The van der Waals surface area contributed by atoms with Crippen LogP contribution in [0.25, 0.3) is 11.3 Å². The Hall–Kier alpha value is -4.01. The molecule has 0 radical (unpaired) electrons. The van der Waals surface area contributed by atoms with Crippen LogP contribution in [0, 0.1) is 0 Å². The molecule has 152 valence electrons. The van der Waals surface area contributed by atoms with Gasteiger partial charge in [-0.25, -0.2) is 15.0 Å². The maximum Gasteiger partial charge on any atom is 0.268 e. The van der Waals surface area contributed by atoms with Crippen molar-refractivity contribution in [3.8, 4) is 11.3 Å². The highest BCUT2D eigenvalue weighted by atomic mass is 16.2. The third-order valence-electron chi connectivity index (χ3n) is 4.89. The Balaban J connectivity index is 1.60. The van der Waals surface area contributed by atoms with Gasteiger partial charge in [0.1, 0.15) is 11.9 Å². The van der Waals surface area contributed by atoms with Gasteiger partial charge in [-0.1, -0.05) is 12.1 Å². The van der Waals surface area contributed by atoms with Gasteiger partial charge < -0.3 is 4.98 Å². The van der Waals surface area contributed by atoms with E-state index in [1.54, 1.807) is 30.3 Å². The molecule has 0 saturated carbocycles. The molecule has 9 nitrogen and oxygen atoms in total. The van der Waals surface area contributed by atoms with Crippen LogP contribution in [-0.2, 0) is 9.59 Å². The number of aromatic amines is 1. The summed E-state index contributed by atoms with van der Waals surface area (Å²) in [6.07, 6.45) is 5.40. The number of hydrazine groups is 1. The summed E-state index contributed by atoms with van der Waals surface area (Å²) < 4.78 is 1.23. The van der Waals surface area contributed by atoms with E-state index in [9.17, 15) is 19.2 Å². The van der Waals surface area contributed by atoms with E-state index in [2.05, 4.69) is 9.97 Å². The maximum absolute atomic E-state index is 12.4. The van der Waals surface area contributed by atoms with Gasteiger partial charge in [-0.3, -0.25) is 23.7 Å². The second-order valence-corrected chi connectivity index (χ2v) is 6.89. The van der Waals surface area contributed by atoms with E-state index < -0.39 is 11.5 Å². The number of H-pyrrole nitrogens is 1. The second kappa shape index (κ2) is 7.78. The van der Waals surface area contributed by atoms with Gasteiger partial charge in [-0.2, -0.15) is 0 Å². The Kier molecular flexibility index (Phi) is 5.01. The lowest BCUT2D eigenvalue weighted by Crippen LogP contribution is -2.46. The summed E-state index contributed by atoms with van der Waals surface area (Å²) in [4.78, 5) is 55.5. The lowest BCUT2D eigenvalue weighted by Gasteiger charge is -2.30. The second-order valence-electron chi connectivity index (χ2n) is 6.89. The van der Waals surface area contributed by atoms with Gasteiger partial charge in [-0.05, 0) is 36.2 Å². The quantitative estimate of drug-likeness (QED) is 0.712. The van der Waals surface area contributed by atoms with Crippen LogP contribution in [0.1, 0.15) is 30.1 Å². The van der Waals surface area contributed by atoms with E-state index in [0.717, 1.165) is 0 Å². The van der Waals surface area contributed by atoms with Gasteiger partial charge in [0.05, 0.1) is 5.69 Å². The molecule has 0 aliphatic carbocycles. The van der Waals surface area contributed by atoms with Gasteiger partial charge in [0.25, 0.3) is 11.5 Å². The van der Waals surface area contributed by atoms with Crippen molar-refractivity contribution < 1.29 is 14.4 Å². The van der Waals surface area contributed by atoms with Crippen molar-refractivity contribution in [3.63, 3.8) is 0 Å². The van der Waals surface area contributed by atoms with Crippen LogP contribution in [0.4, 0.5) is 5.69 Å². The number of carbonyl (C=O) groups excluding carboxylic acids is 3. The Morgan fingerprint density at radius 2 is 1.87 bits per heavy atom. The van der Waals surface area contributed by atoms with E-state index in [-0.39, 0.29) is 17.4 Å². The highest BCUT2D eigenvalue weighted by Crippen LogP contribution is 2.25. The lowest BCUT2D eigenvalue weighted by atomic mass is 10.1. The van der Waals surface area contributed by atoms with Crippen LogP contribution in [0.2, 0.25) is 0 Å². The fourth-order valence-electron chi connectivity index (χ4n) is 3.45. The zero-order valence-corrected chi connectivity index (χ0v) is 16.2. The summed E-state index contributed by atoms with van der Waals surface area (Å²) in [7, 11) is 0. The number of nitrogens with zero attached hydrogens (tertiary/aromatic N) is 4. The van der Waals surface area contributed by atoms with Gasteiger partial charge in [0.2, 0.25) is 11.8 Å². The number of carbonyl (C=O) groups is 3. The Morgan fingerprint density at radius 1 is 1.10 bits per heavy atom. The van der Waals surface area contributed by atoms with Gasteiger partial charge in [0.15, 0.2) is 0 Å². The summed E-state index contributed by atoms with van der Waals surface area (Å²) in [6, 6.07) is 10.0. The molecule has 1 aliphatic heterocycles. The number of aromatic nitrogens is 3. The largest absolute Gasteiger partial charge is 0.321 e. The van der Waals surface area contributed by atoms with E-state index in [4.69, 9.17) is 0 Å². The van der Waals surface area contributed by atoms with Crippen molar-refractivity contribution in [1.29, 1.82) is 0 Å². The average molecular weight is 405 g/mol. The van der Waals surface area contributed by atoms with E-state index in [0.29, 0.717) is 36.3 Å². The average Bonchev–Trinajstić information content (AvgIpc) is 3.41. The molecule has 3 heterocycles. The zero-order valence-electron chi connectivity index (χ0n) is 16.2. The number of hydrogen-bond acceptors (Lipinski definition) is 5. The molecule has 3 aromatic rings. The van der Waals surface area contributed by atoms with Crippen LogP contribution in [0.5, 0.6) is 0 Å². The zero-order chi connectivity index (χ0) is 21.3. The fraction of sp³-hybridized carbons (Fsp3) is 0.190. The van der Waals surface area contributed by atoms with Crippen molar-refractivity contribution in [2.24, 2.45) is 0 Å². The third-order valence-corrected chi connectivity index (χ3v) is 4.89. The third kappa shape index (κ3) is 3.52.